The molecular formula is C14H18ClNO3. The maximum Gasteiger partial charge on any atom is 0.310 e. The highest BCUT2D eigenvalue weighted by molar-refractivity contribution is 6.30. The third kappa shape index (κ3) is 3.01. The summed E-state index contributed by atoms with van der Waals surface area (Å²) in [6.07, 6.45) is 0.679. The van der Waals surface area contributed by atoms with Crippen molar-refractivity contribution in [2.24, 2.45) is 5.41 Å². The van der Waals surface area contributed by atoms with Gasteiger partial charge in [0.05, 0.1) is 12.5 Å². The average molecular weight is 284 g/mol. The standard InChI is InChI=1S/C14H18ClNO3/c1-14(13(17)18)5-6-16(9-14)8-10-3-4-11(15)7-12(10)19-2/h3-4,7H,5-6,8-9H2,1-2H3,(H,17,18). The molecule has 0 aromatic heterocycles. The minimum atomic E-state index is -0.724. The lowest BCUT2D eigenvalue weighted by molar-refractivity contribution is -0.147. The molecule has 0 radical (unpaired) electrons. The van der Waals surface area contributed by atoms with E-state index in [4.69, 9.17) is 16.3 Å². The number of ether oxygens (including phenoxy) is 1. The van der Waals surface area contributed by atoms with E-state index in [1.807, 2.05) is 12.1 Å². The molecule has 1 aliphatic rings. The van der Waals surface area contributed by atoms with Gasteiger partial charge in [0.1, 0.15) is 5.75 Å². The van der Waals surface area contributed by atoms with E-state index in [9.17, 15) is 9.90 Å². The number of carboxylic acid groups (broad SMARTS) is 1. The van der Waals surface area contributed by atoms with Crippen LogP contribution < -0.4 is 4.74 Å². The van der Waals surface area contributed by atoms with Gasteiger partial charge in [0.2, 0.25) is 0 Å². The molecule has 1 aliphatic heterocycles. The molecule has 1 unspecified atom stereocenters. The zero-order chi connectivity index (χ0) is 14.0. The highest BCUT2D eigenvalue weighted by Gasteiger charge is 2.40. The van der Waals surface area contributed by atoms with Crippen LogP contribution in [-0.4, -0.2) is 36.2 Å². The van der Waals surface area contributed by atoms with Gasteiger partial charge in [-0.05, 0) is 32.0 Å². The summed E-state index contributed by atoms with van der Waals surface area (Å²) in [7, 11) is 1.61. The summed E-state index contributed by atoms with van der Waals surface area (Å²) in [6, 6.07) is 5.53. The van der Waals surface area contributed by atoms with Crippen LogP contribution in [0.3, 0.4) is 0 Å². The number of carbonyl (C=O) groups is 1. The van der Waals surface area contributed by atoms with Gasteiger partial charge in [-0.15, -0.1) is 0 Å². The van der Waals surface area contributed by atoms with Gasteiger partial charge in [-0.1, -0.05) is 17.7 Å². The van der Waals surface area contributed by atoms with Crippen LogP contribution in [0.15, 0.2) is 18.2 Å². The molecule has 1 saturated heterocycles. The van der Waals surface area contributed by atoms with Gasteiger partial charge in [-0.25, -0.2) is 0 Å². The molecule has 1 N–H and O–H groups in total. The zero-order valence-corrected chi connectivity index (χ0v) is 11.9. The Morgan fingerprint density at radius 3 is 2.89 bits per heavy atom. The molecule has 5 heteroatoms. The van der Waals surface area contributed by atoms with Crippen LogP contribution >= 0.6 is 11.6 Å². The van der Waals surface area contributed by atoms with Gasteiger partial charge in [-0.3, -0.25) is 9.69 Å². The lowest BCUT2D eigenvalue weighted by atomic mass is 9.90. The van der Waals surface area contributed by atoms with Crippen LogP contribution in [0.4, 0.5) is 0 Å². The molecule has 1 heterocycles. The smallest absolute Gasteiger partial charge is 0.310 e. The third-order valence-electron chi connectivity index (χ3n) is 3.71. The fourth-order valence-electron chi connectivity index (χ4n) is 2.46. The monoisotopic (exact) mass is 283 g/mol. The molecule has 4 nitrogen and oxygen atoms in total. The normalized spacial score (nSPS) is 23.5. The minimum absolute atomic E-state index is 0.564. The highest BCUT2D eigenvalue weighted by atomic mass is 35.5. The molecule has 1 aromatic carbocycles. The maximum absolute atomic E-state index is 11.2. The molecule has 2 rings (SSSR count). The van der Waals surface area contributed by atoms with E-state index < -0.39 is 11.4 Å². The Morgan fingerprint density at radius 1 is 1.58 bits per heavy atom. The Kier molecular flexibility index (Phi) is 4.02. The molecule has 1 aromatic rings. The Balaban J connectivity index is 2.09. The average Bonchev–Trinajstić information content (AvgIpc) is 2.74. The van der Waals surface area contributed by atoms with E-state index in [2.05, 4.69) is 4.90 Å². The number of aliphatic carboxylic acids is 1. The fourth-order valence-corrected chi connectivity index (χ4v) is 2.62. The van der Waals surface area contributed by atoms with Crippen molar-refractivity contribution in [2.45, 2.75) is 19.9 Å². The summed E-state index contributed by atoms with van der Waals surface area (Å²) in [5.74, 6) is 0.0227. The Hall–Kier alpha value is -1.26. The van der Waals surface area contributed by atoms with Crippen LogP contribution in [-0.2, 0) is 11.3 Å². The number of benzene rings is 1. The summed E-state index contributed by atoms with van der Waals surface area (Å²) < 4.78 is 5.31. The molecule has 0 spiro atoms. The van der Waals surface area contributed by atoms with E-state index in [-0.39, 0.29) is 0 Å². The van der Waals surface area contributed by atoms with E-state index in [0.29, 0.717) is 24.5 Å². The third-order valence-corrected chi connectivity index (χ3v) is 3.95. The second-order valence-electron chi connectivity index (χ2n) is 5.28. The van der Waals surface area contributed by atoms with Crippen molar-refractivity contribution in [1.29, 1.82) is 0 Å². The second-order valence-corrected chi connectivity index (χ2v) is 5.72. The van der Waals surface area contributed by atoms with Crippen molar-refractivity contribution in [2.75, 3.05) is 20.2 Å². The van der Waals surface area contributed by atoms with Gasteiger partial charge in [0.15, 0.2) is 0 Å². The lowest BCUT2D eigenvalue weighted by Crippen LogP contribution is -2.31. The van der Waals surface area contributed by atoms with Crippen molar-refractivity contribution >= 4 is 17.6 Å². The van der Waals surface area contributed by atoms with E-state index in [1.165, 1.54) is 0 Å². The van der Waals surface area contributed by atoms with E-state index >= 15 is 0 Å². The first-order chi connectivity index (χ1) is 8.94. The Labute approximate surface area is 117 Å². The van der Waals surface area contributed by atoms with Crippen molar-refractivity contribution in [3.8, 4) is 5.75 Å². The molecule has 1 atom stereocenters. The van der Waals surface area contributed by atoms with Gasteiger partial charge in [-0.2, -0.15) is 0 Å². The first-order valence-electron chi connectivity index (χ1n) is 6.23. The first-order valence-corrected chi connectivity index (χ1v) is 6.60. The number of halogens is 1. The molecule has 104 valence electrons. The van der Waals surface area contributed by atoms with Crippen molar-refractivity contribution in [1.82, 2.24) is 4.90 Å². The van der Waals surface area contributed by atoms with E-state index in [0.717, 1.165) is 17.9 Å². The van der Waals surface area contributed by atoms with Crippen molar-refractivity contribution in [3.05, 3.63) is 28.8 Å². The topological polar surface area (TPSA) is 49.8 Å². The summed E-state index contributed by atoms with van der Waals surface area (Å²) in [5.41, 5.74) is 0.390. The fraction of sp³-hybridized carbons (Fsp3) is 0.500. The van der Waals surface area contributed by atoms with Crippen LogP contribution in [0.5, 0.6) is 5.75 Å². The van der Waals surface area contributed by atoms with Crippen molar-refractivity contribution in [3.63, 3.8) is 0 Å². The van der Waals surface area contributed by atoms with Gasteiger partial charge in [0.25, 0.3) is 0 Å². The summed E-state index contributed by atoms with van der Waals surface area (Å²) in [6.45, 7) is 3.83. The molecule has 1 fully saturated rings. The van der Waals surface area contributed by atoms with Crippen LogP contribution in [0.2, 0.25) is 5.02 Å². The SMILES string of the molecule is COc1cc(Cl)ccc1CN1CCC(C)(C(=O)O)C1. The van der Waals surface area contributed by atoms with Gasteiger partial charge >= 0.3 is 5.97 Å². The number of hydrogen-bond acceptors (Lipinski definition) is 3. The number of nitrogens with zero attached hydrogens (tertiary/aromatic N) is 1. The molecular weight excluding hydrogens is 266 g/mol. The summed E-state index contributed by atoms with van der Waals surface area (Å²) >= 11 is 5.93. The molecule has 19 heavy (non-hydrogen) atoms. The Bertz CT molecular complexity index is 492. The minimum Gasteiger partial charge on any atom is -0.496 e. The number of likely N-dealkylation sites (tertiary alicyclic amines) is 1. The number of hydrogen-bond donors (Lipinski definition) is 1. The van der Waals surface area contributed by atoms with Crippen LogP contribution in [0, 0.1) is 5.41 Å². The summed E-state index contributed by atoms with van der Waals surface area (Å²) in [5, 5.41) is 9.86. The predicted octanol–water partition coefficient (Wildman–Crippen LogP) is 2.65. The highest BCUT2D eigenvalue weighted by Crippen LogP contribution is 2.32. The number of carboxylic acids is 1. The molecule has 0 saturated carbocycles. The molecule has 0 bridgehead atoms. The molecule has 0 amide bonds. The quantitative estimate of drug-likeness (QED) is 0.923. The zero-order valence-electron chi connectivity index (χ0n) is 11.1. The Morgan fingerprint density at radius 2 is 2.32 bits per heavy atom. The lowest BCUT2D eigenvalue weighted by Gasteiger charge is -2.21. The van der Waals surface area contributed by atoms with Crippen LogP contribution in [0.25, 0.3) is 0 Å². The van der Waals surface area contributed by atoms with Gasteiger partial charge in [0, 0.05) is 23.7 Å². The molecule has 0 aliphatic carbocycles. The first kappa shape index (κ1) is 14.2. The summed E-state index contributed by atoms with van der Waals surface area (Å²) in [4.78, 5) is 13.4. The number of methoxy groups -OCH3 is 1. The number of rotatable bonds is 4. The van der Waals surface area contributed by atoms with Crippen molar-refractivity contribution < 1.29 is 14.6 Å². The largest absolute Gasteiger partial charge is 0.496 e. The predicted molar refractivity (Wildman–Crippen MR) is 73.6 cm³/mol. The van der Waals surface area contributed by atoms with Gasteiger partial charge < -0.3 is 9.84 Å². The maximum atomic E-state index is 11.2. The van der Waals surface area contributed by atoms with Crippen LogP contribution in [0.1, 0.15) is 18.9 Å². The second kappa shape index (κ2) is 5.39. The van der Waals surface area contributed by atoms with E-state index in [1.54, 1.807) is 20.1 Å².